The van der Waals surface area contributed by atoms with Crippen LogP contribution < -0.4 is 4.74 Å². The lowest BCUT2D eigenvalue weighted by atomic mass is 9.92. The van der Waals surface area contributed by atoms with E-state index in [1.807, 2.05) is 30.3 Å². The lowest BCUT2D eigenvalue weighted by molar-refractivity contribution is 0.206. The Morgan fingerprint density at radius 3 is 2.75 bits per heavy atom. The summed E-state index contributed by atoms with van der Waals surface area (Å²) in [7, 11) is 0. The number of aryl methyl sites for hydroxylation is 2. The van der Waals surface area contributed by atoms with Crippen molar-refractivity contribution < 1.29 is 9.84 Å². The number of rotatable bonds is 3. The molecule has 1 N–H and O–H groups in total. The van der Waals surface area contributed by atoms with Crippen LogP contribution in [0.15, 0.2) is 42.5 Å². The minimum Gasteiger partial charge on any atom is -0.493 e. The summed E-state index contributed by atoms with van der Waals surface area (Å²) >= 11 is 0. The van der Waals surface area contributed by atoms with Crippen molar-refractivity contribution in [1.29, 1.82) is 0 Å². The van der Waals surface area contributed by atoms with Gasteiger partial charge in [0.1, 0.15) is 11.9 Å². The van der Waals surface area contributed by atoms with E-state index in [1.165, 1.54) is 11.1 Å². The fraction of sp³-hybridized carbons (Fsp3) is 0.333. The van der Waals surface area contributed by atoms with Crippen LogP contribution in [-0.4, -0.2) is 11.7 Å². The molecule has 104 valence electrons. The highest BCUT2D eigenvalue weighted by Gasteiger charge is 2.21. The third kappa shape index (κ3) is 2.32. The Morgan fingerprint density at radius 2 is 1.90 bits per heavy atom. The zero-order valence-corrected chi connectivity index (χ0v) is 11.8. The Labute approximate surface area is 120 Å². The quantitative estimate of drug-likeness (QED) is 0.920. The van der Waals surface area contributed by atoms with Gasteiger partial charge in [0.2, 0.25) is 0 Å². The lowest BCUT2D eigenvalue weighted by Gasteiger charge is -2.23. The summed E-state index contributed by atoms with van der Waals surface area (Å²) in [6.07, 6.45) is 2.39. The lowest BCUT2D eigenvalue weighted by Crippen LogP contribution is -2.13. The Balaban J connectivity index is 2.04. The van der Waals surface area contributed by atoms with Gasteiger partial charge in [-0.15, -0.1) is 0 Å². The standard InChI is InChI=1S/C18H20O2/c1-2-13-7-3-4-10-15(13)17(19)16-11-5-8-14-9-6-12-20-18(14)16/h3-5,7-8,10-11,17,19H,2,6,9,12H2,1H3. The van der Waals surface area contributed by atoms with E-state index in [0.29, 0.717) is 0 Å². The average Bonchev–Trinajstić information content (AvgIpc) is 2.53. The van der Waals surface area contributed by atoms with Crippen LogP contribution in [0.25, 0.3) is 0 Å². The minimum atomic E-state index is -0.612. The van der Waals surface area contributed by atoms with E-state index in [9.17, 15) is 5.11 Å². The molecule has 0 aliphatic carbocycles. The summed E-state index contributed by atoms with van der Waals surface area (Å²) in [4.78, 5) is 0. The van der Waals surface area contributed by atoms with Gasteiger partial charge in [0, 0.05) is 5.56 Å². The first-order chi connectivity index (χ1) is 9.81. The first-order valence-corrected chi connectivity index (χ1v) is 7.31. The van der Waals surface area contributed by atoms with Gasteiger partial charge in [0.15, 0.2) is 0 Å². The minimum absolute atomic E-state index is 0.612. The normalized spacial score (nSPS) is 15.3. The van der Waals surface area contributed by atoms with Crippen LogP contribution in [0.5, 0.6) is 5.75 Å². The van der Waals surface area contributed by atoms with E-state index >= 15 is 0 Å². The molecule has 1 unspecified atom stereocenters. The largest absolute Gasteiger partial charge is 0.493 e. The van der Waals surface area contributed by atoms with E-state index in [1.54, 1.807) is 0 Å². The average molecular weight is 268 g/mol. The van der Waals surface area contributed by atoms with Gasteiger partial charge in [-0.25, -0.2) is 0 Å². The molecule has 3 rings (SSSR count). The third-order valence-corrected chi connectivity index (χ3v) is 3.99. The van der Waals surface area contributed by atoms with E-state index in [0.717, 1.165) is 42.7 Å². The maximum absolute atomic E-state index is 10.8. The molecule has 1 heterocycles. The predicted molar refractivity (Wildman–Crippen MR) is 80.1 cm³/mol. The Morgan fingerprint density at radius 1 is 1.10 bits per heavy atom. The molecule has 0 bridgehead atoms. The molecule has 2 heteroatoms. The van der Waals surface area contributed by atoms with Gasteiger partial charge in [-0.05, 0) is 36.0 Å². The molecular formula is C18H20O2. The second-order valence-electron chi connectivity index (χ2n) is 5.24. The smallest absolute Gasteiger partial charge is 0.128 e. The summed E-state index contributed by atoms with van der Waals surface area (Å²) in [6, 6.07) is 14.2. The fourth-order valence-corrected chi connectivity index (χ4v) is 2.92. The third-order valence-electron chi connectivity index (χ3n) is 3.99. The summed E-state index contributed by atoms with van der Waals surface area (Å²) in [5, 5.41) is 10.8. The number of ether oxygens (including phenoxy) is 1. The molecule has 0 radical (unpaired) electrons. The highest BCUT2D eigenvalue weighted by molar-refractivity contribution is 5.48. The number of fused-ring (bicyclic) bond motifs is 1. The van der Waals surface area contributed by atoms with Crippen LogP contribution in [0.2, 0.25) is 0 Å². The predicted octanol–water partition coefficient (Wildman–Crippen LogP) is 3.66. The van der Waals surface area contributed by atoms with Crippen molar-refractivity contribution in [3.8, 4) is 5.75 Å². The Bertz CT molecular complexity index is 604. The molecule has 0 fully saturated rings. The highest BCUT2D eigenvalue weighted by Crippen LogP contribution is 2.36. The van der Waals surface area contributed by atoms with Gasteiger partial charge < -0.3 is 9.84 Å². The molecule has 0 aromatic heterocycles. The van der Waals surface area contributed by atoms with E-state index in [-0.39, 0.29) is 0 Å². The Hall–Kier alpha value is -1.80. The second-order valence-corrected chi connectivity index (χ2v) is 5.24. The van der Waals surface area contributed by atoms with Crippen LogP contribution in [0.1, 0.15) is 41.7 Å². The summed E-state index contributed by atoms with van der Waals surface area (Å²) in [5.74, 6) is 0.886. The Kier molecular flexibility index (Phi) is 3.75. The van der Waals surface area contributed by atoms with Crippen LogP contribution in [0.4, 0.5) is 0 Å². The number of hydrogen-bond acceptors (Lipinski definition) is 2. The molecule has 2 aromatic rings. The second kappa shape index (κ2) is 5.68. The SMILES string of the molecule is CCc1ccccc1C(O)c1cccc2c1OCCC2. The molecule has 0 amide bonds. The van der Waals surface area contributed by atoms with Gasteiger partial charge >= 0.3 is 0 Å². The number of aliphatic hydroxyl groups excluding tert-OH is 1. The molecule has 2 nitrogen and oxygen atoms in total. The number of aliphatic hydroxyl groups is 1. The van der Waals surface area contributed by atoms with Gasteiger partial charge in [-0.1, -0.05) is 49.4 Å². The van der Waals surface area contributed by atoms with E-state index in [2.05, 4.69) is 19.1 Å². The van der Waals surface area contributed by atoms with E-state index in [4.69, 9.17) is 4.74 Å². The first-order valence-electron chi connectivity index (χ1n) is 7.31. The van der Waals surface area contributed by atoms with Crippen molar-refractivity contribution >= 4 is 0 Å². The molecule has 1 atom stereocenters. The summed E-state index contributed by atoms with van der Waals surface area (Å²) in [6.45, 7) is 2.86. The highest BCUT2D eigenvalue weighted by atomic mass is 16.5. The van der Waals surface area contributed by atoms with Crippen molar-refractivity contribution in [2.75, 3.05) is 6.61 Å². The van der Waals surface area contributed by atoms with Crippen molar-refractivity contribution in [2.24, 2.45) is 0 Å². The van der Waals surface area contributed by atoms with Crippen LogP contribution in [0.3, 0.4) is 0 Å². The first kappa shape index (κ1) is 13.2. The number of hydrogen-bond donors (Lipinski definition) is 1. The summed E-state index contributed by atoms with van der Waals surface area (Å²) < 4.78 is 5.81. The topological polar surface area (TPSA) is 29.5 Å². The maximum Gasteiger partial charge on any atom is 0.128 e. The molecule has 20 heavy (non-hydrogen) atoms. The number of para-hydroxylation sites is 1. The molecule has 0 spiro atoms. The van der Waals surface area contributed by atoms with Crippen molar-refractivity contribution in [3.63, 3.8) is 0 Å². The monoisotopic (exact) mass is 268 g/mol. The van der Waals surface area contributed by atoms with Crippen molar-refractivity contribution in [3.05, 3.63) is 64.7 Å². The van der Waals surface area contributed by atoms with Crippen LogP contribution >= 0.6 is 0 Å². The van der Waals surface area contributed by atoms with Gasteiger partial charge in [0.25, 0.3) is 0 Å². The molecule has 0 saturated heterocycles. The van der Waals surface area contributed by atoms with Crippen LogP contribution in [0, 0.1) is 0 Å². The summed E-state index contributed by atoms with van der Waals surface area (Å²) in [5.41, 5.74) is 4.27. The maximum atomic E-state index is 10.8. The molecule has 0 saturated carbocycles. The van der Waals surface area contributed by atoms with E-state index < -0.39 is 6.10 Å². The molecular weight excluding hydrogens is 248 g/mol. The van der Waals surface area contributed by atoms with Gasteiger partial charge in [0.05, 0.1) is 6.61 Å². The van der Waals surface area contributed by atoms with Gasteiger partial charge in [-0.2, -0.15) is 0 Å². The zero-order chi connectivity index (χ0) is 13.9. The molecule has 2 aromatic carbocycles. The van der Waals surface area contributed by atoms with Gasteiger partial charge in [-0.3, -0.25) is 0 Å². The molecule has 1 aliphatic heterocycles. The van der Waals surface area contributed by atoms with Crippen molar-refractivity contribution in [1.82, 2.24) is 0 Å². The van der Waals surface area contributed by atoms with Crippen LogP contribution in [-0.2, 0) is 12.8 Å². The van der Waals surface area contributed by atoms with Crippen molar-refractivity contribution in [2.45, 2.75) is 32.3 Å². The molecule has 1 aliphatic rings. The fourth-order valence-electron chi connectivity index (χ4n) is 2.92. The zero-order valence-electron chi connectivity index (χ0n) is 11.8. The number of benzene rings is 2.